The summed E-state index contributed by atoms with van der Waals surface area (Å²) in [6.45, 7) is 2.19. The molecule has 0 amide bonds. The number of fused-ring (bicyclic) bond motifs is 1. The van der Waals surface area contributed by atoms with Gasteiger partial charge in [-0.1, -0.05) is 31.5 Å². The Labute approximate surface area is 96.4 Å². The SMILES string of the molecule is CCC(CCl)CC1Cc2ccccc2O1. The smallest absolute Gasteiger partial charge is 0.123 e. The Kier molecular flexibility index (Phi) is 3.53. The lowest BCUT2D eigenvalue weighted by Crippen LogP contribution is -2.18. The van der Waals surface area contributed by atoms with Gasteiger partial charge in [0.05, 0.1) is 0 Å². The summed E-state index contributed by atoms with van der Waals surface area (Å²) in [4.78, 5) is 0. The van der Waals surface area contributed by atoms with Crippen LogP contribution in [0.2, 0.25) is 0 Å². The molecule has 1 aliphatic heterocycles. The third-order valence-corrected chi connectivity index (χ3v) is 3.54. The number of para-hydroxylation sites is 1. The molecular weight excluding hydrogens is 208 g/mol. The van der Waals surface area contributed by atoms with E-state index in [-0.39, 0.29) is 0 Å². The first kappa shape index (κ1) is 10.8. The van der Waals surface area contributed by atoms with Crippen LogP contribution in [-0.2, 0) is 6.42 Å². The van der Waals surface area contributed by atoms with Gasteiger partial charge in [0.15, 0.2) is 0 Å². The third kappa shape index (κ3) is 2.46. The largest absolute Gasteiger partial charge is 0.490 e. The fourth-order valence-electron chi connectivity index (χ4n) is 2.10. The maximum atomic E-state index is 5.90. The lowest BCUT2D eigenvalue weighted by atomic mass is 9.98. The molecule has 0 fully saturated rings. The van der Waals surface area contributed by atoms with Crippen molar-refractivity contribution in [2.75, 3.05) is 5.88 Å². The predicted molar refractivity (Wildman–Crippen MR) is 63.7 cm³/mol. The number of hydrogen-bond acceptors (Lipinski definition) is 1. The Morgan fingerprint density at radius 2 is 2.27 bits per heavy atom. The number of halogens is 1. The summed E-state index contributed by atoms with van der Waals surface area (Å²) in [5, 5.41) is 0. The summed E-state index contributed by atoms with van der Waals surface area (Å²) >= 11 is 5.90. The summed E-state index contributed by atoms with van der Waals surface area (Å²) in [5.74, 6) is 2.39. The fourth-order valence-corrected chi connectivity index (χ4v) is 2.44. The molecule has 0 spiro atoms. The standard InChI is InChI=1S/C13H17ClO/c1-2-10(9-14)7-12-8-11-5-3-4-6-13(11)15-12/h3-6,10,12H,2,7-9H2,1H3. The summed E-state index contributed by atoms with van der Waals surface area (Å²) < 4.78 is 5.88. The fraction of sp³-hybridized carbons (Fsp3) is 0.538. The van der Waals surface area contributed by atoms with Crippen molar-refractivity contribution in [2.24, 2.45) is 5.92 Å². The van der Waals surface area contributed by atoms with Gasteiger partial charge in [0.1, 0.15) is 11.9 Å². The van der Waals surface area contributed by atoms with Crippen molar-refractivity contribution < 1.29 is 4.74 Å². The Hall–Kier alpha value is -0.690. The summed E-state index contributed by atoms with van der Waals surface area (Å²) in [6, 6.07) is 8.30. The second kappa shape index (κ2) is 4.89. The molecule has 0 radical (unpaired) electrons. The molecule has 1 aromatic rings. The van der Waals surface area contributed by atoms with Gasteiger partial charge in [-0.3, -0.25) is 0 Å². The van der Waals surface area contributed by atoms with Crippen molar-refractivity contribution in [1.82, 2.24) is 0 Å². The van der Waals surface area contributed by atoms with E-state index in [1.807, 2.05) is 6.07 Å². The molecular formula is C13H17ClO. The first-order valence-electron chi connectivity index (χ1n) is 5.64. The van der Waals surface area contributed by atoms with Crippen molar-refractivity contribution in [3.63, 3.8) is 0 Å². The summed E-state index contributed by atoms with van der Waals surface area (Å²) in [5.41, 5.74) is 1.34. The van der Waals surface area contributed by atoms with E-state index in [0.717, 1.165) is 30.9 Å². The van der Waals surface area contributed by atoms with Gasteiger partial charge in [-0.2, -0.15) is 0 Å². The van der Waals surface area contributed by atoms with Crippen LogP contribution in [0.1, 0.15) is 25.3 Å². The van der Waals surface area contributed by atoms with Gasteiger partial charge in [0.2, 0.25) is 0 Å². The van der Waals surface area contributed by atoms with Crippen molar-refractivity contribution >= 4 is 11.6 Å². The molecule has 0 aliphatic carbocycles. The normalized spacial score (nSPS) is 20.8. The van der Waals surface area contributed by atoms with Crippen LogP contribution in [0.15, 0.2) is 24.3 Å². The van der Waals surface area contributed by atoms with Crippen LogP contribution in [0, 0.1) is 5.92 Å². The zero-order chi connectivity index (χ0) is 10.7. The zero-order valence-electron chi connectivity index (χ0n) is 9.08. The topological polar surface area (TPSA) is 9.23 Å². The molecule has 2 heteroatoms. The number of rotatable bonds is 4. The van der Waals surface area contributed by atoms with Gasteiger partial charge < -0.3 is 4.74 Å². The Bertz CT molecular complexity index is 295. The quantitative estimate of drug-likeness (QED) is 0.710. The molecule has 0 aromatic heterocycles. The molecule has 2 atom stereocenters. The first-order chi connectivity index (χ1) is 7.33. The minimum absolute atomic E-state index is 0.339. The second-order valence-electron chi connectivity index (χ2n) is 4.22. The van der Waals surface area contributed by atoms with Crippen LogP contribution in [0.4, 0.5) is 0 Å². The van der Waals surface area contributed by atoms with Gasteiger partial charge in [-0.15, -0.1) is 11.6 Å². The van der Waals surface area contributed by atoms with Crippen molar-refractivity contribution in [2.45, 2.75) is 32.3 Å². The van der Waals surface area contributed by atoms with Crippen molar-refractivity contribution in [1.29, 1.82) is 0 Å². The zero-order valence-corrected chi connectivity index (χ0v) is 9.83. The Morgan fingerprint density at radius 1 is 1.47 bits per heavy atom. The molecule has 1 aromatic carbocycles. The Morgan fingerprint density at radius 3 is 2.93 bits per heavy atom. The predicted octanol–water partition coefficient (Wildman–Crippen LogP) is 3.65. The minimum atomic E-state index is 0.339. The van der Waals surface area contributed by atoms with Crippen LogP contribution in [0.25, 0.3) is 0 Å². The molecule has 0 N–H and O–H groups in total. The van der Waals surface area contributed by atoms with E-state index in [9.17, 15) is 0 Å². The lowest BCUT2D eigenvalue weighted by Gasteiger charge is -2.16. The number of alkyl halides is 1. The number of benzene rings is 1. The first-order valence-corrected chi connectivity index (χ1v) is 6.17. The molecule has 1 nitrogen and oxygen atoms in total. The van der Waals surface area contributed by atoms with Crippen LogP contribution >= 0.6 is 11.6 Å². The molecule has 15 heavy (non-hydrogen) atoms. The van der Waals surface area contributed by atoms with E-state index in [0.29, 0.717) is 12.0 Å². The molecule has 2 rings (SSSR count). The molecule has 0 bridgehead atoms. The van der Waals surface area contributed by atoms with E-state index in [4.69, 9.17) is 16.3 Å². The highest BCUT2D eigenvalue weighted by atomic mass is 35.5. The van der Waals surface area contributed by atoms with Gasteiger partial charge in [-0.25, -0.2) is 0 Å². The Balaban J connectivity index is 1.95. The van der Waals surface area contributed by atoms with Crippen molar-refractivity contribution in [3.8, 4) is 5.75 Å². The van der Waals surface area contributed by atoms with Gasteiger partial charge in [0.25, 0.3) is 0 Å². The van der Waals surface area contributed by atoms with Crippen LogP contribution in [0.3, 0.4) is 0 Å². The number of hydrogen-bond donors (Lipinski definition) is 0. The molecule has 82 valence electrons. The van der Waals surface area contributed by atoms with E-state index in [1.54, 1.807) is 0 Å². The minimum Gasteiger partial charge on any atom is -0.490 e. The average molecular weight is 225 g/mol. The summed E-state index contributed by atoms with van der Waals surface area (Å²) in [7, 11) is 0. The van der Waals surface area contributed by atoms with Crippen molar-refractivity contribution in [3.05, 3.63) is 29.8 Å². The number of ether oxygens (including phenoxy) is 1. The van der Waals surface area contributed by atoms with Gasteiger partial charge in [0, 0.05) is 12.3 Å². The third-order valence-electron chi connectivity index (χ3n) is 3.11. The molecule has 0 saturated heterocycles. The summed E-state index contributed by atoms with van der Waals surface area (Å²) in [6.07, 6.45) is 3.60. The average Bonchev–Trinajstić information content (AvgIpc) is 2.68. The maximum absolute atomic E-state index is 5.90. The molecule has 0 saturated carbocycles. The van der Waals surface area contributed by atoms with E-state index in [1.165, 1.54) is 5.56 Å². The van der Waals surface area contributed by atoms with E-state index in [2.05, 4.69) is 25.1 Å². The molecule has 1 heterocycles. The van der Waals surface area contributed by atoms with Gasteiger partial charge >= 0.3 is 0 Å². The highest BCUT2D eigenvalue weighted by molar-refractivity contribution is 6.18. The molecule has 2 unspecified atom stereocenters. The van der Waals surface area contributed by atoms with Crippen LogP contribution in [-0.4, -0.2) is 12.0 Å². The van der Waals surface area contributed by atoms with Crippen LogP contribution in [0.5, 0.6) is 5.75 Å². The highest BCUT2D eigenvalue weighted by Crippen LogP contribution is 2.31. The second-order valence-corrected chi connectivity index (χ2v) is 4.52. The van der Waals surface area contributed by atoms with Crippen LogP contribution < -0.4 is 4.74 Å². The maximum Gasteiger partial charge on any atom is 0.123 e. The highest BCUT2D eigenvalue weighted by Gasteiger charge is 2.24. The molecule has 1 aliphatic rings. The van der Waals surface area contributed by atoms with E-state index < -0.39 is 0 Å². The van der Waals surface area contributed by atoms with Gasteiger partial charge in [-0.05, 0) is 24.0 Å². The monoisotopic (exact) mass is 224 g/mol. The lowest BCUT2D eigenvalue weighted by molar-refractivity contribution is 0.197. The van der Waals surface area contributed by atoms with E-state index >= 15 is 0 Å².